The van der Waals surface area contributed by atoms with E-state index in [2.05, 4.69) is 5.10 Å². The van der Waals surface area contributed by atoms with Gasteiger partial charge in [-0.1, -0.05) is 6.08 Å². The van der Waals surface area contributed by atoms with Crippen LogP contribution in [0.4, 0.5) is 0 Å². The molecule has 0 amide bonds. The van der Waals surface area contributed by atoms with Gasteiger partial charge in [0.15, 0.2) is 0 Å². The van der Waals surface area contributed by atoms with Crippen LogP contribution < -0.4 is 0 Å². The Balaban J connectivity index is 2.32. The number of allylic oxidation sites excluding steroid dienone is 1. The van der Waals surface area contributed by atoms with Gasteiger partial charge in [-0.25, -0.2) is 0 Å². The summed E-state index contributed by atoms with van der Waals surface area (Å²) in [5, 5.41) is 13.4. The van der Waals surface area contributed by atoms with Gasteiger partial charge < -0.3 is 5.11 Å². The zero-order chi connectivity index (χ0) is 8.55. The summed E-state index contributed by atoms with van der Waals surface area (Å²) < 4.78 is 1.84. The maximum Gasteiger partial charge on any atom is 0.0730 e. The van der Waals surface area contributed by atoms with Crippen LogP contribution in [0.5, 0.6) is 0 Å². The van der Waals surface area contributed by atoms with E-state index in [0.29, 0.717) is 0 Å². The molecule has 0 fully saturated rings. The van der Waals surface area contributed by atoms with E-state index in [-0.39, 0.29) is 6.10 Å². The van der Waals surface area contributed by atoms with E-state index >= 15 is 0 Å². The number of hydrogen-bond donors (Lipinski definition) is 1. The van der Waals surface area contributed by atoms with Crippen molar-refractivity contribution in [1.29, 1.82) is 0 Å². The Labute approximate surface area is 71.3 Å². The Morgan fingerprint density at radius 1 is 1.67 bits per heavy atom. The van der Waals surface area contributed by atoms with Crippen molar-refractivity contribution in [2.45, 2.75) is 18.9 Å². The predicted octanol–water partition coefficient (Wildman–Crippen LogP) is 0.958. The molecular weight excluding hydrogens is 152 g/mol. The highest BCUT2D eigenvalue weighted by atomic mass is 16.3. The van der Waals surface area contributed by atoms with Crippen molar-refractivity contribution >= 4 is 5.57 Å². The summed E-state index contributed by atoms with van der Waals surface area (Å²) in [6.07, 6.45) is 5.24. The molecule has 1 atom stereocenters. The molecule has 0 aliphatic heterocycles. The highest BCUT2D eigenvalue weighted by Crippen LogP contribution is 2.26. The molecule has 3 heteroatoms. The number of hydrogen-bond acceptors (Lipinski definition) is 2. The number of nitrogens with zero attached hydrogens (tertiary/aromatic N) is 2. The maximum absolute atomic E-state index is 9.28. The molecule has 0 radical (unpaired) electrons. The minimum absolute atomic E-state index is 0.255. The Hall–Kier alpha value is -1.09. The minimum Gasteiger partial charge on any atom is -0.389 e. The molecule has 0 saturated heterocycles. The van der Waals surface area contributed by atoms with Crippen LogP contribution >= 0.6 is 0 Å². The second-order valence-corrected chi connectivity index (χ2v) is 3.14. The summed E-state index contributed by atoms with van der Waals surface area (Å²) in [4.78, 5) is 0. The Bertz CT molecular complexity index is 314. The van der Waals surface area contributed by atoms with Gasteiger partial charge in [-0.05, 0) is 24.5 Å². The lowest BCUT2D eigenvalue weighted by Gasteiger charge is -2.00. The number of rotatable bonds is 1. The summed E-state index contributed by atoms with van der Waals surface area (Å²) in [6.45, 7) is 0. The van der Waals surface area contributed by atoms with E-state index < -0.39 is 0 Å². The number of aryl methyl sites for hydroxylation is 1. The lowest BCUT2D eigenvalue weighted by molar-refractivity contribution is 0.223. The van der Waals surface area contributed by atoms with Crippen LogP contribution in [0.25, 0.3) is 5.57 Å². The van der Waals surface area contributed by atoms with E-state index in [0.717, 1.165) is 18.5 Å². The SMILES string of the molecule is Cn1nccc1C1=CC(O)CC1. The fraction of sp³-hybridized carbons (Fsp3) is 0.444. The summed E-state index contributed by atoms with van der Waals surface area (Å²) in [6, 6.07) is 1.98. The van der Waals surface area contributed by atoms with Crippen LogP contribution in [0.2, 0.25) is 0 Å². The van der Waals surface area contributed by atoms with Crippen LogP contribution in [0.15, 0.2) is 18.3 Å². The third-order valence-corrected chi connectivity index (χ3v) is 2.25. The first-order valence-electron chi connectivity index (χ1n) is 4.14. The van der Waals surface area contributed by atoms with Crippen molar-refractivity contribution in [1.82, 2.24) is 9.78 Å². The molecule has 2 rings (SSSR count). The fourth-order valence-corrected chi connectivity index (χ4v) is 1.60. The number of aliphatic hydroxyl groups is 1. The first-order valence-corrected chi connectivity index (χ1v) is 4.14. The predicted molar refractivity (Wildman–Crippen MR) is 46.4 cm³/mol. The van der Waals surface area contributed by atoms with E-state index in [9.17, 15) is 5.11 Å². The summed E-state index contributed by atoms with van der Waals surface area (Å²) in [5.41, 5.74) is 2.33. The average Bonchev–Trinajstić information content (AvgIpc) is 2.58. The average molecular weight is 164 g/mol. The Morgan fingerprint density at radius 2 is 2.50 bits per heavy atom. The van der Waals surface area contributed by atoms with Gasteiger partial charge in [0.2, 0.25) is 0 Å². The second kappa shape index (κ2) is 2.75. The third kappa shape index (κ3) is 1.16. The Kier molecular flexibility index (Phi) is 1.73. The minimum atomic E-state index is -0.255. The molecular formula is C9H12N2O. The molecule has 0 spiro atoms. The molecule has 1 aliphatic rings. The third-order valence-electron chi connectivity index (χ3n) is 2.25. The molecule has 0 bridgehead atoms. The van der Waals surface area contributed by atoms with E-state index in [1.807, 2.05) is 23.9 Å². The van der Waals surface area contributed by atoms with Gasteiger partial charge in [0.25, 0.3) is 0 Å². The summed E-state index contributed by atoms with van der Waals surface area (Å²) in [7, 11) is 1.92. The second-order valence-electron chi connectivity index (χ2n) is 3.14. The van der Waals surface area contributed by atoms with Crippen molar-refractivity contribution in [2.24, 2.45) is 7.05 Å². The summed E-state index contributed by atoms with van der Waals surface area (Å²) >= 11 is 0. The normalized spacial score (nSPS) is 22.8. The van der Waals surface area contributed by atoms with E-state index in [1.54, 1.807) is 6.20 Å². The molecule has 64 valence electrons. The highest BCUT2D eigenvalue weighted by molar-refractivity contribution is 5.65. The monoisotopic (exact) mass is 164 g/mol. The molecule has 3 nitrogen and oxygen atoms in total. The molecule has 1 heterocycles. The van der Waals surface area contributed by atoms with Crippen molar-refractivity contribution in [3.63, 3.8) is 0 Å². The van der Waals surface area contributed by atoms with Crippen molar-refractivity contribution in [3.8, 4) is 0 Å². The zero-order valence-corrected chi connectivity index (χ0v) is 7.07. The fourth-order valence-electron chi connectivity index (χ4n) is 1.60. The molecule has 1 unspecified atom stereocenters. The maximum atomic E-state index is 9.28. The Morgan fingerprint density at radius 3 is 3.00 bits per heavy atom. The lowest BCUT2D eigenvalue weighted by Crippen LogP contribution is -1.95. The van der Waals surface area contributed by atoms with Gasteiger partial charge in [-0.3, -0.25) is 4.68 Å². The van der Waals surface area contributed by atoms with Gasteiger partial charge in [0, 0.05) is 13.2 Å². The van der Waals surface area contributed by atoms with Crippen molar-refractivity contribution < 1.29 is 5.11 Å². The van der Waals surface area contributed by atoms with Crippen LogP contribution in [-0.2, 0) is 7.05 Å². The molecule has 1 aliphatic carbocycles. The number of aliphatic hydroxyl groups excluding tert-OH is 1. The standard InChI is InChI=1S/C9H12N2O/c1-11-9(4-5-10-11)7-2-3-8(12)6-7/h4-6,8,12H,2-3H2,1H3. The highest BCUT2D eigenvalue weighted by Gasteiger charge is 2.15. The van der Waals surface area contributed by atoms with E-state index in [1.165, 1.54) is 5.57 Å². The van der Waals surface area contributed by atoms with Gasteiger partial charge in [-0.2, -0.15) is 5.10 Å². The number of aromatic nitrogens is 2. The van der Waals surface area contributed by atoms with Gasteiger partial charge in [-0.15, -0.1) is 0 Å². The lowest BCUT2D eigenvalue weighted by atomic mass is 10.2. The summed E-state index contributed by atoms with van der Waals surface area (Å²) in [5.74, 6) is 0. The largest absolute Gasteiger partial charge is 0.389 e. The first kappa shape index (κ1) is 7.55. The van der Waals surface area contributed by atoms with Crippen molar-refractivity contribution in [3.05, 3.63) is 24.0 Å². The van der Waals surface area contributed by atoms with Crippen LogP contribution in [0.1, 0.15) is 18.5 Å². The molecule has 0 aromatic carbocycles. The van der Waals surface area contributed by atoms with Gasteiger partial charge in [0.05, 0.1) is 11.8 Å². The van der Waals surface area contributed by atoms with Crippen LogP contribution in [0.3, 0.4) is 0 Å². The van der Waals surface area contributed by atoms with Crippen LogP contribution in [-0.4, -0.2) is 21.0 Å². The first-order chi connectivity index (χ1) is 5.77. The van der Waals surface area contributed by atoms with Crippen LogP contribution in [0, 0.1) is 0 Å². The molecule has 1 N–H and O–H groups in total. The van der Waals surface area contributed by atoms with E-state index in [4.69, 9.17) is 0 Å². The van der Waals surface area contributed by atoms with Gasteiger partial charge >= 0.3 is 0 Å². The quantitative estimate of drug-likeness (QED) is 0.671. The van der Waals surface area contributed by atoms with Gasteiger partial charge in [0.1, 0.15) is 0 Å². The molecule has 12 heavy (non-hydrogen) atoms. The van der Waals surface area contributed by atoms with Crippen molar-refractivity contribution in [2.75, 3.05) is 0 Å². The molecule has 1 aromatic heterocycles. The molecule has 0 saturated carbocycles. The topological polar surface area (TPSA) is 38.0 Å². The smallest absolute Gasteiger partial charge is 0.0730 e. The zero-order valence-electron chi connectivity index (χ0n) is 7.07. The molecule has 1 aromatic rings.